The number of nitrogens with zero attached hydrogens (tertiary/aromatic N) is 3. The number of nitrogens with one attached hydrogen (secondary N) is 1. The fourth-order valence-corrected chi connectivity index (χ4v) is 6.10. The van der Waals surface area contributed by atoms with Crippen molar-refractivity contribution in [1.82, 2.24) is 9.29 Å². The summed E-state index contributed by atoms with van der Waals surface area (Å²) < 4.78 is 39.0. The zero-order valence-corrected chi connectivity index (χ0v) is 21.3. The van der Waals surface area contributed by atoms with E-state index in [-0.39, 0.29) is 22.9 Å². The van der Waals surface area contributed by atoms with Crippen LogP contribution in [0.15, 0.2) is 57.8 Å². The minimum atomic E-state index is -3.65. The normalized spacial score (nSPS) is 19.2. The molecule has 1 saturated heterocycles. The van der Waals surface area contributed by atoms with Gasteiger partial charge in [-0.15, -0.1) is 11.3 Å². The van der Waals surface area contributed by atoms with Crippen LogP contribution in [0.2, 0.25) is 0 Å². The molecule has 2 aromatic carbocycles. The summed E-state index contributed by atoms with van der Waals surface area (Å²) in [6, 6.07) is 11.8. The lowest BCUT2D eigenvalue weighted by atomic mass is 10.2. The minimum absolute atomic E-state index is 0.0726. The maximum absolute atomic E-state index is 13.2. The van der Waals surface area contributed by atoms with Crippen molar-refractivity contribution in [3.8, 4) is 22.8 Å². The highest BCUT2D eigenvalue weighted by atomic mass is 32.2. The molecule has 4 rings (SSSR count). The van der Waals surface area contributed by atoms with Crippen molar-refractivity contribution in [2.45, 2.75) is 37.9 Å². The van der Waals surface area contributed by atoms with Gasteiger partial charge in [0.2, 0.25) is 15.2 Å². The maximum Gasteiger partial charge on any atom is 0.243 e. The van der Waals surface area contributed by atoms with Crippen molar-refractivity contribution in [2.24, 2.45) is 5.10 Å². The Morgan fingerprint density at radius 2 is 2.03 bits per heavy atom. The highest BCUT2D eigenvalue weighted by Crippen LogP contribution is 2.29. The average Bonchev–Trinajstić information content (AvgIpc) is 3.30. The minimum Gasteiger partial charge on any atom is -0.504 e. The fraction of sp³-hybridized carbons (Fsp3) is 0.333. The lowest BCUT2D eigenvalue weighted by molar-refractivity contribution is -0.0440. The van der Waals surface area contributed by atoms with E-state index < -0.39 is 10.0 Å². The lowest BCUT2D eigenvalue weighted by Crippen LogP contribution is -2.48. The third-order valence-electron chi connectivity index (χ3n) is 5.32. The number of hydrazone groups is 1. The first kappa shape index (κ1) is 25.1. The molecule has 2 atom stereocenters. The number of anilines is 1. The van der Waals surface area contributed by atoms with Crippen LogP contribution in [-0.2, 0) is 14.8 Å². The number of benzene rings is 2. The average molecular weight is 517 g/mol. The Morgan fingerprint density at radius 3 is 2.77 bits per heavy atom. The largest absolute Gasteiger partial charge is 0.504 e. The number of rotatable bonds is 8. The summed E-state index contributed by atoms with van der Waals surface area (Å²) in [5.74, 6) is 0.465. The number of thiazole rings is 1. The third-order valence-corrected chi connectivity index (χ3v) is 7.89. The van der Waals surface area contributed by atoms with Gasteiger partial charge in [-0.3, -0.25) is 5.43 Å². The van der Waals surface area contributed by atoms with Crippen molar-refractivity contribution in [2.75, 3.05) is 25.1 Å². The van der Waals surface area contributed by atoms with Gasteiger partial charge >= 0.3 is 0 Å². The molecular weight excluding hydrogens is 488 g/mol. The summed E-state index contributed by atoms with van der Waals surface area (Å²) >= 11 is 1.36. The van der Waals surface area contributed by atoms with E-state index in [1.54, 1.807) is 42.6 Å². The number of hydrogen-bond acceptors (Lipinski definition) is 9. The van der Waals surface area contributed by atoms with Crippen molar-refractivity contribution in [3.05, 3.63) is 53.4 Å². The van der Waals surface area contributed by atoms with Gasteiger partial charge in [-0.05, 0) is 56.7 Å². The molecule has 186 valence electrons. The monoisotopic (exact) mass is 516 g/mol. The van der Waals surface area contributed by atoms with E-state index in [9.17, 15) is 13.5 Å². The number of phenols is 1. The summed E-state index contributed by atoms with van der Waals surface area (Å²) in [4.78, 5) is 4.76. The van der Waals surface area contributed by atoms with Crippen LogP contribution >= 0.6 is 11.3 Å². The second kappa shape index (κ2) is 10.7. The number of aromatic hydroxyl groups is 1. The van der Waals surface area contributed by atoms with E-state index in [1.807, 2.05) is 32.2 Å². The van der Waals surface area contributed by atoms with Gasteiger partial charge in [0.1, 0.15) is 0 Å². The standard InChI is InChI=1S/C24H28N4O5S2/c1-4-32-23-10-18(8-9-22(23)29)12-25-27-24-26-21(15-34-24)19-6-5-7-20(11-19)35(30,31)28-13-16(2)33-17(3)14-28/h5-12,15-17,29H,4,13-14H2,1-3H3,(H,26,27)/b25-12+. The van der Waals surface area contributed by atoms with E-state index in [2.05, 4.69) is 15.5 Å². The van der Waals surface area contributed by atoms with Crippen LogP contribution < -0.4 is 10.2 Å². The molecule has 2 N–H and O–H groups in total. The van der Waals surface area contributed by atoms with E-state index in [1.165, 1.54) is 15.6 Å². The summed E-state index contributed by atoms with van der Waals surface area (Å²) in [7, 11) is -3.65. The Morgan fingerprint density at radius 1 is 1.26 bits per heavy atom. The van der Waals surface area contributed by atoms with Crippen LogP contribution in [0.4, 0.5) is 5.13 Å². The first-order chi connectivity index (χ1) is 16.8. The molecule has 35 heavy (non-hydrogen) atoms. The molecule has 3 aromatic rings. The van der Waals surface area contributed by atoms with Crippen molar-refractivity contribution in [1.29, 1.82) is 0 Å². The van der Waals surface area contributed by atoms with E-state index in [4.69, 9.17) is 9.47 Å². The van der Waals surface area contributed by atoms with Crippen molar-refractivity contribution < 1.29 is 23.0 Å². The van der Waals surface area contributed by atoms with Gasteiger partial charge < -0.3 is 14.6 Å². The molecule has 1 aliphatic heterocycles. The third kappa shape index (κ3) is 5.99. The van der Waals surface area contributed by atoms with Gasteiger partial charge in [0, 0.05) is 24.0 Å². The van der Waals surface area contributed by atoms with E-state index in [0.29, 0.717) is 41.8 Å². The van der Waals surface area contributed by atoms with Gasteiger partial charge in [0.15, 0.2) is 11.5 Å². The predicted molar refractivity (Wildman–Crippen MR) is 137 cm³/mol. The van der Waals surface area contributed by atoms with Crippen LogP contribution in [0.1, 0.15) is 26.3 Å². The SMILES string of the molecule is CCOc1cc(/C=N/Nc2nc(-c3cccc(S(=O)(=O)N4CC(C)OC(C)C4)c3)cs2)ccc1O. The Bertz CT molecular complexity index is 1300. The Balaban J connectivity index is 1.47. The summed E-state index contributed by atoms with van der Waals surface area (Å²) in [6.07, 6.45) is 1.29. The summed E-state index contributed by atoms with van der Waals surface area (Å²) in [6.45, 7) is 6.69. The van der Waals surface area contributed by atoms with Crippen LogP contribution in [-0.4, -0.2) is 60.9 Å². The van der Waals surface area contributed by atoms with Gasteiger partial charge in [0.25, 0.3) is 0 Å². The van der Waals surface area contributed by atoms with Crippen LogP contribution in [0.5, 0.6) is 11.5 Å². The van der Waals surface area contributed by atoms with Gasteiger partial charge in [-0.25, -0.2) is 13.4 Å². The Kier molecular flexibility index (Phi) is 7.70. The maximum atomic E-state index is 13.2. The fourth-order valence-electron chi connectivity index (χ4n) is 3.79. The van der Waals surface area contributed by atoms with E-state index >= 15 is 0 Å². The molecule has 0 spiro atoms. The smallest absolute Gasteiger partial charge is 0.243 e. The molecule has 0 bridgehead atoms. The first-order valence-electron chi connectivity index (χ1n) is 11.2. The molecule has 2 unspecified atom stereocenters. The summed E-state index contributed by atoms with van der Waals surface area (Å²) in [5, 5.41) is 16.4. The zero-order chi connectivity index (χ0) is 25.0. The highest BCUT2D eigenvalue weighted by molar-refractivity contribution is 7.89. The Labute approximate surface area is 209 Å². The molecule has 2 heterocycles. The summed E-state index contributed by atoms with van der Waals surface area (Å²) in [5.41, 5.74) is 4.99. The number of ether oxygens (including phenoxy) is 2. The predicted octanol–water partition coefficient (Wildman–Crippen LogP) is 4.16. The zero-order valence-electron chi connectivity index (χ0n) is 19.7. The first-order valence-corrected chi connectivity index (χ1v) is 13.5. The number of hydrogen-bond donors (Lipinski definition) is 2. The number of aromatic nitrogens is 1. The van der Waals surface area contributed by atoms with Crippen LogP contribution in [0.3, 0.4) is 0 Å². The van der Waals surface area contributed by atoms with Crippen LogP contribution in [0.25, 0.3) is 11.3 Å². The van der Waals surface area contributed by atoms with Gasteiger partial charge in [-0.1, -0.05) is 12.1 Å². The number of morpholine rings is 1. The van der Waals surface area contributed by atoms with Gasteiger partial charge in [-0.2, -0.15) is 9.41 Å². The molecule has 0 radical (unpaired) electrons. The second-order valence-electron chi connectivity index (χ2n) is 8.18. The number of sulfonamides is 1. The van der Waals surface area contributed by atoms with Crippen molar-refractivity contribution >= 4 is 32.7 Å². The molecule has 0 amide bonds. The Hall–Kier alpha value is -2.99. The van der Waals surface area contributed by atoms with E-state index in [0.717, 1.165) is 5.56 Å². The molecule has 9 nitrogen and oxygen atoms in total. The molecule has 1 fully saturated rings. The van der Waals surface area contributed by atoms with Crippen LogP contribution in [0, 0.1) is 0 Å². The van der Waals surface area contributed by atoms with Gasteiger partial charge in [0.05, 0.1) is 35.6 Å². The second-order valence-corrected chi connectivity index (χ2v) is 11.0. The highest BCUT2D eigenvalue weighted by Gasteiger charge is 2.32. The molecule has 0 saturated carbocycles. The number of phenolic OH excluding ortho intramolecular Hbond substituents is 1. The molecule has 0 aliphatic carbocycles. The molecule has 1 aromatic heterocycles. The molecule has 11 heteroatoms. The molecule has 1 aliphatic rings. The topological polar surface area (TPSA) is 113 Å². The lowest BCUT2D eigenvalue weighted by Gasteiger charge is -2.34. The van der Waals surface area contributed by atoms with Crippen molar-refractivity contribution in [3.63, 3.8) is 0 Å². The molecular formula is C24H28N4O5S2. The quantitative estimate of drug-likeness (QED) is 0.341.